The highest BCUT2D eigenvalue weighted by Gasteiger charge is 2.19. The van der Waals surface area contributed by atoms with Crippen molar-refractivity contribution in [3.63, 3.8) is 0 Å². The third-order valence-electron chi connectivity index (χ3n) is 1.61. The third-order valence-corrected chi connectivity index (χ3v) is 1.61. The van der Waals surface area contributed by atoms with Crippen LogP contribution in [0.4, 0.5) is 0 Å². The van der Waals surface area contributed by atoms with Crippen molar-refractivity contribution in [2.45, 2.75) is 20.8 Å². The Morgan fingerprint density at radius 1 is 1.42 bits per heavy atom. The predicted octanol–water partition coefficient (Wildman–Crippen LogP) is 0.838. The average Bonchev–Trinajstić information content (AvgIpc) is 1.96. The Kier molecular flexibility index (Phi) is 5.09. The largest absolute Gasteiger partial charge is 0.383 e. The maximum atomic E-state index is 11.3. The molecule has 1 N–H and O–H groups in total. The number of methoxy groups -OCH3 is 1. The van der Waals surface area contributed by atoms with Gasteiger partial charge in [-0.25, -0.2) is 0 Å². The summed E-state index contributed by atoms with van der Waals surface area (Å²) in [5.74, 6) is 0.235. The quantitative estimate of drug-likeness (QED) is 0.626. The second kappa shape index (κ2) is 5.27. The van der Waals surface area contributed by atoms with Crippen LogP contribution >= 0.6 is 0 Å². The highest BCUT2D eigenvalue weighted by molar-refractivity contribution is 5.85. The molecule has 0 amide bonds. The van der Waals surface area contributed by atoms with Gasteiger partial charge in [0.2, 0.25) is 0 Å². The standard InChI is InChI=1S/C9H19NO2/c1-9(2,3)8(11)7-10-5-6-12-4/h10H,5-7H2,1-4H3. The van der Waals surface area contributed by atoms with E-state index < -0.39 is 0 Å². The lowest BCUT2D eigenvalue weighted by Crippen LogP contribution is -2.33. The molecule has 0 aliphatic carbocycles. The van der Waals surface area contributed by atoms with E-state index in [1.165, 1.54) is 0 Å². The molecule has 12 heavy (non-hydrogen) atoms. The smallest absolute Gasteiger partial charge is 0.151 e. The molecule has 0 atom stereocenters. The Morgan fingerprint density at radius 2 is 2.00 bits per heavy atom. The van der Waals surface area contributed by atoms with Crippen LogP contribution < -0.4 is 5.32 Å². The summed E-state index contributed by atoms with van der Waals surface area (Å²) in [5, 5.41) is 3.02. The summed E-state index contributed by atoms with van der Waals surface area (Å²) in [6.45, 7) is 7.59. The van der Waals surface area contributed by atoms with Crippen molar-refractivity contribution >= 4 is 5.78 Å². The van der Waals surface area contributed by atoms with E-state index in [-0.39, 0.29) is 11.2 Å². The Bertz CT molecular complexity index is 138. The van der Waals surface area contributed by atoms with Gasteiger partial charge in [0.15, 0.2) is 5.78 Å². The molecule has 0 aliphatic rings. The van der Waals surface area contributed by atoms with Gasteiger partial charge in [0.25, 0.3) is 0 Å². The molecular formula is C9H19NO2. The van der Waals surface area contributed by atoms with E-state index in [9.17, 15) is 4.79 Å². The summed E-state index contributed by atoms with van der Waals surface area (Å²) in [6.07, 6.45) is 0. The Balaban J connectivity index is 3.45. The number of rotatable bonds is 5. The molecule has 0 radical (unpaired) electrons. The molecule has 0 bridgehead atoms. The number of Topliss-reactive ketones (excluding diaryl/α,β-unsaturated/α-hetero) is 1. The first-order valence-corrected chi connectivity index (χ1v) is 4.21. The van der Waals surface area contributed by atoms with Crippen LogP contribution in [-0.4, -0.2) is 32.6 Å². The fourth-order valence-corrected chi connectivity index (χ4v) is 0.641. The van der Waals surface area contributed by atoms with Crippen LogP contribution in [0, 0.1) is 5.41 Å². The second-order valence-electron chi connectivity index (χ2n) is 3.84. The number of carbonyl (C=O) groups excluding carboxylic acids is 1. The Labute approximate surface area is 74.5 Å². The minimum absolute atomic E-state index is 0.235. The Hall–Kier alpha value is -0.410. The van der Waals surface area contributed by atoms with Gasteiger partial charge in [-0.3, -0.25) is 4.79 Å². The van der Waals surface area contributed by atoms with Crippen LogP contribution in [0.1, 0.15) is 20.8 Å². The molecule has 0 aromatic carbocycles. The van der Waals surface area contributed by atoms with Crippen molar-refractivity contribution in [1.82, 2.24) is 5.32 Å². The van der Waals surface area contributed by atoms with Gasteiger partial charge < -0.3 is 10.1 Å². The first kappa shape index (κ1) is 11.6. The SMILES string of the molecule is COCCNCC(=O)C(C)(C)C. The third kappa shape index (κ3) is 5.27. The molecule has 0 saturated heterocycles. The van der Waals surface area contributed by atoms with Crippen LogP contribution in [-0.2, 0) is 9.53 Å². The fraction of sp³-hybridized carbons (Fsp3) is 0.889. The van der Waals surface area contributed by atoms with Crippen molar-refractivity contribution in [2.24, 2.45) is 5.41 Å². The van der Waals surface area contributed by atoms with Crippen molar-refractivity contribution in [2.75, 3.05) is 26.8 Å². The number of carbonyl (C=O) groups is 1. The van der Waals surface area contributed by atoms with E-state index in [1.54, 1.807) is 7.11 Å². The van der Waals surface area contributed by atoms with Gasteiger partial charge in [-0.2, -0.15) is 0 Å². The summed E-state index contributed by atoms with van der Waals surface area (Å²) in [4.78, 5) is 11.3. The fourth-order valence-electron chi connectivity index (χ4n) is 0.641. The zero-order chi connectivity index (χ0) is 9.61. The molecule has 0 fully saturated rings. The second-order valence-corrected chi connectivity index (χ2v) is 3.84. The summed E-state index contributed by atoms with van der Waals surface area (Å²) in [7, 11) is 1.65. The molecule has 0 rings (SSSR count). The molecule has 0 aliphatic heterocycles. The van der Waals surface area contributed by atoms with Gasteiger partial charge in [0.05, 0.1) is 13.2 Å². The normalized spacial score (nSPS) is 11.7. The van der Waals surface area contributed by atoms with E-state index in [1.807, 2.05) is 20.8 Å². The zero-order valence-electron chi connectivity index (χ0n) is 8.44. The number of hydrogen-bond acceptors (Lipinski definition) is 3. The number of hydrogen-bond donors (Lipinski definition) is 1. The molecule has 0 aromatic heterocycles. The van der Waals surface area contributed by atoms with Crippen molar-refractivity contribution in [3.8, 4) is 0 Å². The molecule has 0 unspecified atom stereocenters. The molecule has 3 nitrogen and oxygen atoms in total. The van der Waals surface area contributed by atoms with Gasteiger partial charge in [0.1, 0.15) is 0 Å². The summed E-state index contributed by atoms with van der Waals surface area (Å²) in [5.41, 5.74) is -0.236. The van der Waals surface area contributed by atoms with Crippen molar-refractivity contribution in [3.05, 3.63) is 0 Å². The topological polar surface area (TPSA) is 38.3 Å². The van der Waals surface area contributed by atoms with Crippen LogP contribution in [0.3, 0.4) is 0 Å². The van der Waals surface area contributed by atoms with Gasteiger partial charge in [0, 0.05) is 19.1 Å². The molecular weight excluding hydrogens is 154 g/mol. The molecule has 3 heteroatoms. The number of ether oxygens (including phenoxy) is 1. The molecule has 0 spiro atoms. The van der Waals surface area contributed by atoms with E-state index >= 15 is 0 Å². The van der Waals surface area contributed by atoms with Gasteiger partial charge >= 0.3 is 0 Å². The van der Waals surface area contributed by atoms with Crippen LogP contribution in [0.5, 0.6) is 0 Å². The Morgan fingerprint density at radius 3 is 2.42 bits per heavy atom. The summed E-state index contributed by atoms with van der Waals surface area (Å²) in [6, 6.07) is 0. The molecule has 0 saturated carbocycles. The maximum Gasteiger partial charge on any atom is 0.151 e. The van der Waals surface area contributed by atoms with E-state index in [0.29, 0.717) is 13.2 Å². The minimum Gasteiger partial charge on any atom is -0.383 e. The minimum atomic E-state index is -0.236. The van der Waals surface area contributed by atoms with Gasteiger partial charge in [-0.15, -0.1) is 0 Å². The maximum absolute atomic E-state index is 11.3. The monoisotopic (exact) mass is 173 g/mol. The predicted molar refractivity (Wildman–Crippen MR) is 49.2 cm³/mol. The first-order chi connectivity index (χ1) is 5.48. The number of nitrogens with one attached hydrogen (secondary N) is 1. The van der Waals surface area contributed by atoms with Crippen molar-refractivity contribution in [1.29, 1.82) is 0 Å². The highest BCUT2D eigenvalue weighted by Crippen LogP contribution is 2.13. The lowest BCUT2D eigenvalue weighted by atomic mass is 9.91. The van der Waals surface area contributed by atoms with Crippen LogP contribution in [0.15, 0.2) is 0 Å². The number of ketones is 1. The average molecular weight is 173 g/mol. The van der Waals surface area contributed by atoms with Crippen LogP contribution in [0.2, 0.25) is 0 Å². The lowest BCUT2D eigenvalue weighted by molar-refractivity contribution is -0.125. The summed E-state index contributed by atoms with van der Waals surface area (Å²) < 4.78 is 4.84. The zero-order valence-corrected chi connectivity index (χ0v) is 8.44. The molecule has 72 valence electrons. The van der Waals surface area contributed by atoms with E-state index in [2.05, 4.69) is 5.32 Å². The lowest BCUT2D eigenvalue weighted by Gasteiger charge is -2.16. The van der Waals surface area contributed by atoms with Crippen molar-refractivity contribution < 1.29 is 9.53 Å². The van der Waals surface area contributed by atoms with Gasteiger partial charge in [-0.1, -0.05) is 20.8 Å². The first-order valence-electron chi connectivity index (χ1n) is 4.21. The van der Waals surface area contributed by atoms with E-state index in [4.69, 9.17) is 4.74 Å². The van der Waals surface area contributed by atoms with Crippen LogP contribution in [0.25, 0.3) is 0 Å². The van der Waals surface area contributed by atoms with Gasteiger partial charge in [-0.05, 0) is 0 Å². The molecule has 0 aromatic rings. The van der Waals surface area contributed by atoms with E-state index in [0.717, 1.165) is 6.54 Å². The summed E-state index contributed by atoms with van der Waals surface area (Å²) >= 11 is 0. The highest BCUT2D eigenvalue weighted by atomic mass is 16.5. The molecule has 0 heterocycles.